The second kappa shape index (κ2) is 19.2. The maximum Gasteiger partial charge on any atom is 0.321 e. The molecule has 0 aromatic rings. The highest BCUT2D eigenvalue weighted by molar-refractivity contribution is 6.44. The summed E-state index contributed by atoms with van der Waals surface area (Å²) in [5.41, 5.74) is 0. The Morgan fingerprint density at radius 3 is 1.23 bits per heavy atom. The molecule has 2 nitrogen and oxygen atoms in total. The number of hydrogen-bond donors (Lipinski definition) is 0. The molecule has 0 heterocycles. The van der Waals surface area contributed by atoms with Crippen LogP contribution in [0.25, 0.3) is 0 Å². The van der Waals surface area contributed by atoms with Crippen molar-refractivity contribution in [2.75, 3.05) is 13.2 Å². The summed E-state index contributed by atoms with van der Waals surface area (Å²) in [5, 5.41) is 0. The Morgan fingerprint density at radius 2 is 0.864 bits per heavy atom. The SMILES string of the molecule is CCCCCCCCCCCCCCC[SiH](OCC)OCC. The van der Waals surface area contributed by atoms with E-state index in [4.69, 9.17) is 8.85 Å². The van der Waals surface area contributed by atoms with E-state index in [1.54, 1.807) is 0 Å². The highest BCUT2D eigenvalue weighted by Gasteiger charge is 2.10. The zero-order chi connectivity index (χ0) is 16.3. The molecular weight excluding hydrogens is 288 g/mol. The molecular formula is C19H42O2Si. The molecule has 0 amide bonds. The van der Waals surface area contributed by atoms with Crippen LogP contribution >= 0.6 is 0 Å². The van der Waals surface area contributed by atoms with Gasteiger partial charge >= 0.3 is 9.28 Å². The van der Waals surface area contributed by atoms with Crippen molar-refractivity contribution in [3.8, 4) is 0 Å². The third-order valence-electron chi connectivity index (χ3n) is 4.25. The molecule has 0 saturated carbocycles. The first-order valence-electron chi connectivity index (χ1n) is 10.1. The van der Waals surface area contributed by atoms with Crippen molar-refractivity contribution in [1.82, 2.24) is 0 Å². The topological polar surface area (TPSA) is 18.5 Å². The molecule has 0 radical (unpaired) electrons. The quantitative estimate of drug-likeness (QED) is 0.215. The van der Waals surface area contributed by atoms with Crippen LogP contribution in [0.5, 0.6) is 0 Å². The van der Waals surface area contributed by atoms with Gasteiger partial charge in [-0.25, -0.2) is 0 Å². The van der Waals surface area contributed by atoms with E-state index >= 15 is 0 Å². The number of rotatable bonds is 18. The summed E-state index contributed by atoms with van der Waals surface area (Å²) in [6.07, 6.45) is 18.4. The van der Waals surface area contributed by atoms with Gasteiger partial charge in [-0.2, -0.15) is 0 Å². The van der Waals surface area contributed by atoms with Crippen LogP contribution in [0.3, 0.4) is 0 Å². The van der Waals surface area contributed by atoms with E-state index in [0.717, 1.165) is 13.2 Å². The fraction of sp³-hybridized carbons (Fsp3) is 1.00. The Hall–Kier alpha value is 0.137. The van der Waals surface area contributed by atoms with Gasteiger partial charge in [-0.15, -0.1) is 0 Å². The molecule has 22 heavy (non-hydrogen) atoms. The normalized spacial score (nSPS) is 11.5. The molecule has 0 aliphatic rings. The van der Waals surface area contributed by atoms with Crippen molar-refractivity contribution in [3.63, 3.8) is 0 Å². The Kier molecular flexibility index (Phi) is 19.3. The summed E-state index contributed by atoms with van der Waals surface area (Å²) in [6, 6.07) is 1.19. The highest BCUT2D eigenvalue weighted by Crippen LogP contribution is 2.13. The van der Waals surface area contributed by atoms with Gasteiger partial charge in [0.05, 0.1) is 0 Å². The number of unbranched alkanes of at least 4 members (excludes halogenated alkanes) is 12. The second-order valence-electron chi connectivity index (χ2n) is 6.37. The van der Waals surface area contributed by atoms with Crippen LogP contribution < -0.4 is 0 Å². The van der Waals surface area contributed by atoms with Gasteiger partial charge in [0.25, 0.3) is 0 Å². The summed E-state index contributed by atoms with van der Waals surface area (Å²) in [4.78, 5) is 0. The van der Waals surface area contributed by atoms with Gasteiger partial charge in [0.2, 0.25) is 0 Å². The fourth-order valence-corrected chi connectivity index (χ4v) is 4.71. The minimum Gasteiger partial charge on any atom is -0.397 e. The lowest BCUT2D eigenvalue weighted by Crippen LogP contribution is -2.22. The zero-order valence-corrected chi connectivity index (χ0v) is 16.9. The summed E-state index contributed by atoms with van der Waals surface area (Å²) in [5.74, 6) is 0. The second-order valence-corrected chi connectivity index (χ2v) is 8.47. The average molecular weight is 331 g/mol. The van der Waals surface area contributed by atoms with E-state index < -0.39 is 9.28 Å². The standard InChI is InChI=1S/C19H42O2Si/c1-4-7-8-9-10-11-12-13-14-15-16-17-18-19-22(20-5-2)21-6-3/h22H,4-19H2,1-3H3. The molecule has 0 aliphatic carbocycles. The summed E-state index contributed by atoms with van der Waals surface area (Å²) in [6.45, 7) is 8.06. The Labute approximate surface area is 142 Å². The summed E-state index contributed by atoms with van der Waals surface area (Å²) in [7, 11) is -1.32. The largest absolute Gasteiger partial charge is 0.397 e. The molecule has 0 bridgehead atoms. The molecule has 0 saturated heterocycles. The van der Waals surface area contributed by atoms with E-state index in [9.17, 15) is 0 Å². The van der Waals surface area contributed by atoms with E-state index in [2.05, 4.69) is 20.8 Å². The third-order valence-corrected chi connectivity index (χ3v) is 6.54. The lowest BCUT2D eigenvalue weighted by atomic mass is 10.1. The predicted octanol–water partition coefficient (Wildman–Crippen LogP) is 6.37. The van der Waals surface area contributed by atoms with Crippen molar-refractivity contribution in [2.24, 2.45) is 0 Å². The van der Waals surface area contributed by atoms with Crippen LogP contribution in [0.4, 0.5) is 0 Å². The molecule has 0 unspecified atom stereocenters. The van der Waals surface area contributed by atoms with E-state index in [-0.39, 0.29) is 0 Å². The molecule has 0 aromatic heterocycles. The third kappa shape index (κ3) is 16.5. The van der Waals surface area contributed by atoms with Gasteiger partial charge in [0, 0.05) is 13.2 Å². The predicted molar refractivity (Wildman–Crippen MR) is 101 cm³/mol. The smallest absolute Gasteiger partial charge is 0.321 e. The van der Waals surface area contributed by atoms with Crippen LogP contribution in [0.1, 0.15) is 104 Å². The molecule has 0 aromatic carbocycles. The fourth-order valence-electron chi connectivity index (χ4n) is 2.92. The molecule has 0 spiro atoms. The first-order valence-corrected chi connectivity index (χ1v) is 11.8. The van der Waals surface area contributed by atoms with Gasteiger partial charge in [-0.3, -0.25) is 0 Å². The molecule has 0 atom stereocenters. The van der Waals surface area contributed by atoms with Crippen molar-refractivity contribution in [3.05, 3.63) is 0 Å². The maximum absolute atomic E-state index is 5.71. The zero-order valence-electron chi connectivity index (χ0n) is 15.7. The maximum atomic E-state index is 5.71. The molecule has 0 rings (SSSR count). The van der Waals surface area contributed by atoms with Crippen molar-refractivity contribution in [1.29, 1.82) is 0 Å². The Bertz CT molecular complexity index is 194. The lowest BCUT2D eigenvalue weighted by Gasteiger charge is -2.14. The van der Waals surface area contributed by atoms with Crippen molar-refractivity contribution < 1.29 is 8.85 Å². The van der Waals surface area contributed by atoms with E-state index in [1.165, 1.54) is 89.5 Å². The van der Waals surface area contributed by atoms with Gasteiger partial charge in [-0.05, 0) is 19.9 Å². The van der Waals surface area contributed by atoms with Gasteiger partial charge < -0.3 is 8.85 Å². The monoisotopic (exact) mass is 330 g/mol. The molecule has 0 N–H and O–H groups in total. The van der Waals surface area contributed by atoms with Crippen LogP contribution in [-0.2, 0) is 8.85 Å². The molecule has 0 fully saturated rings. The molecule has 134 valence electrons. The highest BCUT2D eigenvalue weighted by atomic mass is 28.3. The van der Waals surface area contributed by atoms with Crippen molar-refractivity contribution in [2.45, 2.75) is 110 Å². The van der Waals surface area contributed by atoms with E-state index in [0.29, 0.717) is 0 Å². The van der Waals surface area contributed by atoms with Gasteiger partial charge in [0.1, 0.15) is 0 Å². The Morgan fingerprint density at radius 1 is 0.500 bits per heavy atom. The van der Waals surface area contributed by atoms with Crippen LogP contribution in [0.15, 0.2) is 0 Å². The van der Waals surface area contributed by atoms with Gasteiger partial charge in [0.15, 0.2) is 0 Å². The first kappa shape index (κ1) is 22.1. The molecule has 0 aliphatic heterocycles. The van der Waals surface area contributed by atoms with E-state index in [1.807, 2.05) is 0 Å². The van der Waals surface area contributed by atoms with Crippen LogP contribution in [0, 0.1) is 0 Å². The average Bonchev–Trinajstić information content (AvgIpc) is 2.52. The first-order chi connectivity index (χ1) is 10.8. The summed E-state index contributed by atoms with van der Waals surface area (Å²) < 4.78 is 11.4. The van der Waals surface area contributed by atoms with Crippen LogP contribution in [0.2, 0.25) is 6.04 Å². The van der Waals surface area contributed by atoms with Gasteiger partial charge in [-0.1, -0.05) is 90.4 Å². The minimum atomic E-state index is -1.32. The molecule has 3 heteroatoms. The minimum absolute atomic E-state index is 0.815. The number of hydrogen-bond acceptors (Lipinski definition) is 2. The van der Waals surface area contributed by atoms with Crippen LogP contribution in [-0.4, -0.2) is 22.5 Å². The summed E-state index contributed by atoms with van der Waals surface area (Å²) >= 11 is 0. The van der Waals surface area contributed by atoms with Crippen molar-refractivity contribution >= 4 is 9.28 Å². The lowest BCUT2D eigenvalue weighted by molar-refractivity contribution is 0.212. The Balaban J connectivity index is 3.16.